The lowest BCUT2D eigenvalue weighted by Gasteiger charge is -2.30. The lowest BCUT2D eigenvalue weighted by molar-refractivity contribution is 0.720. The molecule has 0 aliphatic carbocycles. The van der Waals surface area contributed by atoms with Gasteiger partial charge in [0.25, 0.3) is 0 Å². The van der Waals surface area contributed by atoms with E-state index in [-0.39, 0.29) is 0 Å². The van der Waals surface area contributed by atoms with Gasteiger partial charge in [-0.2, -0.15) is 5.26 Å². The molecule has 0 radical (unpaired) electrons. The molecule has 0 aliphatic heterocycles. The van der Waals surface area contributed by atoms with Gasteiger partial charge in [0.15, 0.2) is 0 Å². The van der Waals surface area contributed by atoms with Crippen LogP contribution >= 0.6 is 0 Å². The monoisotopic (exact) mass is 214 g/mol. The van der Waals surface area contributed by atoms with E-state index in [4.69, 9.17) is 5.26 Å². The number of para-hydroxylation sites is 1. The highest BCUT2D eigenvalue weighted by Crippen LogP contribution is 2.26. The van der Waals surface area contributed by atoms with E-state index in [0.29, 0.717) is 6.04 Å². The molecule has 0 N–H and O–H groups in total. The fourth-order valence-corrected chi connectivity index (χ4v) is 1.83. The molecule has 0 aromatic heterocycles. The van der Waals surface area contributed by atoms with Crippen molar-refractivity contribution in [2.75, 3.05) is 11.4 Å². The number of benzene rings is 1. The Labute approximate surface area is 97.8 Å². The predicted octanol–water partition coefficient (Wildman–Crippen LogP) is 3.27. The molecule has 84 valence electrons. The molecule has 0 amide bonds. The molecule has 1 rings (SSSR count). The molecule has 0 unspecified atom stereocenters. The number of hydrogen-bond acceptors (Lipinski definition) is 2. The summed E-state index contributed by atoms with van der Waals surface area (Å²) in [5.41, 5.74) is 2.89. The Kier molecular flexibility index (Phi) is 4.13. The van der Waals surface area contributed by atoms with Crippen LogP contribution in [0.4, 0.5) is 5.69 Å². The summed E-state index contributed by atoms with van der Waals surface area (Å²) in [7, 11) is 0. The first-order valence-electron chi connectivity index (χ1n) is 5.49. The SMILES string of the molecule is C=CCN(c1c(C)cccc1C#N)C(C)C. The smallest absolute Gasteiger partial charge is 0.101 e. The zero-order chi connectivity index (χ0) is 12.1. The molecule has 1 aromatic rings. The first-order valence-corrected chi connectivity index (χ1v) is 5.49. The highest BCUT2D eigenvalue weighted by atomic mass is 15.2. The van der Waals surface area contributed by atoms with E-state index in [1.165, 1.54) is 0 Å². The lowest BCUT2D eigenvalue weighted by atomic mass is 10.1. The van der Waals surface area contributed by atoms with Crippen molar-refractivity contribution >= 4 is 5.69 Å². The maximum atomic E-state index is 9.14. The number of rotatable bonds is 4. The summed E-state index contributed by atoms with van der Waals surface area (Å²) in [6, 6.07) is 8.43. The minimum absolute atomic E-state index is 0.353. The minimum Gasteiger partial charge on any atom is -0.364 e. The van der Waals surface area contributed by atoms with Gasteiger partial charge in [-0.05, 0) is 32.4 Å². The maximum Gasteiger partial charge on any atom is 0.101 e. The predicted molar refractivity (Wildman–Crippen MR) is 68.6 cm³/mol. The van der Waals surface area contributed by atoms with Crippen LogP contribution in [0.15, 0.2) is 30.9 Å². The van der Waals surface area contributed by atoms with Gasteiger partial charge in [-0.25, -0.2) is 0 Å². The third-order valence-electron chi connectivity index (χ3n) is 2.59. The average molecular weight is 214 g/mol. The van der Waals surface area contributed by atoms with Crippen LogP contribution in [-0.2, 0) is 0 Å². The molecule has 0 atom stereocenters. The first kappa shape index (κ1) is 12.3. The summed E-state index contributed by atoms with van der Waals surface area (Å²) in [4.78, 5) is 2.20. The fourth-order valence-electron chi connectivity index (χ4n) is 1.83. The molecule has 0 spiro atoms. The van der Waals surface area contributed by atoms with Gasteiger partial charge in [0.1, 0.15) is 6.07 Å². The van der Waals surface area contributed by atoms with E-state index in [9.17, 15) is 0 Å². The summed E-state index contributed by atoms with van der Waals surface area (Å²) in [5.74, 6) is 0. The van der Waals surface area contributed by atoms with Crippen LogP contribution in [0.5, 0.6) is 0 Å². The summed E-state index contributed by atoms with van der Waals surface area (Å²) in [6.07, 6.45) is 1.87. The maximum absolute atomic E-state index is 9.14. The fraction of sp³-hybridized carbons (Fsp3) is 0.357. The van der Waals surface area contributed by atoms with Crippen LogP contribution in [0.25, 0.3) is 0 Å². The summed E-state index contributed by atoms with van der Waals surface area (Å²) in [6.45, 7) is 10.8. The van der Waals surface area contributed by atoms with Gasteiger partial charge in [0, 0.05) is 12.6 Å². The summed E-state index contributed by atoms with van der Waals surface area (Å²) in [5, 5.41) is 9.14. The molecule has 0 aliphatic rings. The molecule has 2 heteroatoms. The van der Waals surface area contributed by atoms with Crippen molar-refractivity contribution in [2.45, 2.75) is 26.8 Å². The molecular formula is C14H18N2. The van der Waals surface area contributed by atoms with Crippen molar-refractivity contribution < 1.29 is 0 Å². The topological polar surface area (TPSA) is 27.0 Å². The second kappa shape index (κ2) is 5.37. The number of nitriles is 1. The highest BCUT2D eigenvalue weighted by molar-refractivity contribution is 5.64. The van der Waals surface area contributed by atoms with Crippen molar-refractivity contribution in [3.8, 4) is 6.07 Å². The molecule has 1 aromatic carbocycles. The van der Waals surface area contributed by atoms with Crippen LogP contribution < -0.4 is 4.90 Å². The van der Waals surface area contributed by atoms with Crippen LogP contribution in [-0.4, -0.2) is 12.6 Å². The van der Waals surface area contributed by atoms with E-state index >= 15 is 0 Å². The molecule has 0 saturated heterocycles. The summed E-state index contributed by atoms with van der Waals surface area (Å²) >= 11 is 0. The second-order valence-electron chi connectivity index (χ2n) is 4.12. The Bertz CT molecular complexity index is 413. The Morgan fingerprint density at radius 1 is 1.50 bits per heavy atom. The zero-order valence-electron chi connectivity index (χ0n) is 10.2. The zero-order valence-corrected chi connectivity index (χ0v) is 10.2. The second-order valence-corrected chi connectivity index (χ2v) is 4.12. The standard InChI is InChI=1S/C14H18N2/c1-5-9-16(11(2)3)14-12(4)7-6-8-13(14)10-15/h5-8,11H,1,9H2,2-4H3. The summed E-state index contributed by atoms with van der Waals surface area (Å²) < 4.78 is 0. The Morgan fingerprint density at radius 3 is 2.69 bits per heavy atom. The normalized spacial score (nSPS) is 9.94. The highest BCUT2D eigenvalue weighted by Gasteiger charge is 2.15. The molecule has 2 nitrogen and oxygen atoms in total. The quantitative estimate of drug-likeness (QED) is 0.719. The van der Waals surface area contributed by atoms with Crippen LogP contribution in [0, 0.1) is 18.3 Å². The molecule has 0 fully saturated rings. The van der Waals surface area contributed by atoms with Crippen molar-refractivity contribution in [2.24, 2.45) is 0 Å². The Morgan fingerprint density at radius 2 is 2.19 bits per heavy atom. The van der Waals surface area contributed by atoms with Crippen LogP contribution in [0.2, 0.25) is 0 Å². The Hall–Kier alpha value is -1.75. The minimum atomic E-state index is 0.353. The molecule has 0 heterocycles. The van der Waals surface area contributed by atoms with Gasteiger partial charge in [0.05, 0.1) is 11.3 Å². The Balaban J connectivity index is 3.28. The van der Waals surface area contributed by atoms with Crippen molar-refractivity contribution in [1.82, 2.24) is 0 Å². The number of aryl methyl sites for hydroxylation is 1. The largest absolute Gasteiger partial charge is 0.364 e. The van der Waals surface area contributed by atoms with E-state index in [2.05, 4.69) is 31.4 Å². The van der Waals surface area contributed by atoms with Gasteiger partial charge >= 0.3 is 0 Å². The lowest BCUT2D eigenvalue weighted by Crippen LogP contribution is -2.32. The number of anilines is 1. The van der Waals surface area contributed by atoms with E-state index in [1.54, 1.807) is 0 Å². The van der Waals surface area contributed by atoms with Crippen molar-refractivity contribution in [3.05, 3.63) is 42.0 Å². The van der Waals surface area contributed by atoms with Gasteiger partial charge in [-0.3, -0.25) is 0 Å². The van der Waals surface area contributed by atoms with Crippen molar-refractivity contribution in [3.63, 3.8) is 0 Å². The van der Waals surface area contributed by atoms with E-state index in [1.807, 2.05) is 31.2 Å². The number of hydrogen-bond donors (Lipinski definition) is 0. The first-order chi connectivity index (χ1) is 7.61. The van der Waals surface area contributed by atoms with Crippen LogP contribution in [0.1, 0.15) is 25.0 Å². The number of nitrogens with zero attached hydrogens (tertiary/aromatic N) is 2. The third kappa shape index (κ3) is 2.43. The van der Waals surface area contributed by atoms with Crippen molar-refractivity contribution in [1.29, 1.82) is 5.26 Å². The van der Waals surface area contributed by atoms with Gasteiger partial charge in [0.2, 0.25) is 0 Å². The molecule has 0 saturated carbocycles. The van der Waals surface area contributed by atoms with Gasteiger partial charge < -0.3 is 4.90 Å². The van der Waals surface area contributed by atoms with E-state index in [0.717, 1.165) is 23.4 Å². The third-order valence-corrected chi connectivity index (χ3v) is 2.59. The van der Waals surface area contributed by atoms with E-state index < -0.39 is 0 Å². The molecular weight excluding hydrogens is 196 g/mol. The van der Waals surface area contributed by atoms with Gasteiger partial charge in [-0.1, -0.05) is 18.2 Å². The van der Waals surface area contributed by atoms with Crippen LogP contribution in [0.3, 0.4) is 0 Å². The average Bonchev–Trinajstić information content (AvgIpc) is 2.26. The molecule has 16 heavy (non-hydrogen) atoms. The molecule has 0 bridgehead atoms. The van der Waals surface area contributed by atoms with Gasteiger partial charge in [-0.15, -0.1) is 6.58 Å².